The van der Waals surface area contributed by atoms with Crippen LogP contribution < -0.4 is 9.47 Å². The first-order valence-corrected chi connectivity index (χ1v) is 13.0. The van der Waals surface area contributed by atoms with Gasteiger partial charge in [0.2, 0.25) is 0 Å². The molecule has 0 bridgehead atoms. The molecule has 1 aliphatic heterocycles. The van der Waals surface area contributed by atoms with Crippen LogP contribution in [0.15, 0.2) is 39.1 Å². The summed E-state index contributed by atoms with van der Waals surface area (Å²) in [7, 11) is 2.03. The molecule has 34 heavy (non-hydrogen) atoms. The third kappa shape index (κ3) is 4.34. The van der Waals surface area contributed by atoms with Crippen molar-refractivity contribution in [2.75, 3.05) is 20.3 Å². The highest BCUT2D eigenvalue weighted by Crippen LogP contribution is 2.55. The Morgan fingerprint density at radius 2 is 1.38 bits per heavy atom. The van der Waals surface area contributed by atoms with E-state index in [4.69, 9.17) is 9.47 Å². The van der Waals surface area contributed by atoms with Crippen molar-refractivity contribution in [3.05, 3.63) is 44.7 Å². The van der Waals surface area contributed by atoms with Crippen LogP contribution in [0.1, 0.15) is 78.7 Å². The molecular weight excluding hydrogens is 494 g/mol. The lowest BCUT2D eigenvalue weighted by Crippen LogP contribution is -2.43. The van der Waals surface area contributed by atoms with E-state index in [-0.39, 0.29) is 28.3 Å². The minimum absolute atomic E-state index is 0.114. The van der Waals surface area contributed by atoms with Gasteiger partial charge in [-0.2, -0.15) is 0 Å². The SMILES string of the molecule is CCOc1cc(C2C3=C(CC(C)(C)CC3=O)N(C)C3=C2C(=O)CC(C)(C)C3)cc(Br)c1OCC. The average Bonchev–Trinajstić information content (AvgIpc) is 2.70. The second kappa shape index (κ2) is 8.85. The quantitative estimate of drug-likeness (QED) is 0.432. The van der Waals surface area contributed by atoms with E-state index in [9.17, 15) is 9.59 Å². The molecule has 6 heteroatoms. The molecule has 2 aliphatic carbocycles. The van der Waals surface area contributed by atoms with Gasteiger partial charge < -0.3 is 14.4 Å². The molecule has 0 saturated heterocycles. The van der Waals surface area contributed by atoms with Crippen molar-refractivity contribution >= 4 is 27.5 Å². The number of hydrogen-bond acceptors (Lipinski definition) is 5. The molecule has 0 saturated carbocycles. The molecule has 1 aromatic carbocycles. The van der Waals surface area contributed by atoms with Crippen molar-refractivity contribution in [1.29, 1.82) is 0 Å². The Balaban J connectivity index is 1.98. The third-order valence-corrected chi connectivity index (χ3v) is 7.72. The summed E-state index contributed by atoms with van der Waals surface area (Å²) in [5, 5.41) is 0. The van der Waals surface area contributed by atoms with E-state index in [2.05, 4.69) is 48.5 Å². The second-order valence-electron chi connectivity index (χ2n) is 11.3. The second-order valence-corrected chi connectivity index (χ2v) is 12.1. The summed E-state index contributed by atoms with van der Waals surface area (Å²) in [5.74, 6) is 1.16. The molecule has 0 N–H and O–H groups in total. The Kier molecular flexibility index (Phi) is 6.52. The summed E-state index contributed by atoms with van der Waals surface area (Å²) in [5.41, 5.74) is 4.32. The lowest BCUT2D eigenvalue weighted by atomic mass is 9.64. The lowest BCUT2D eigenvalue weighted by molar-refractivity contribution is -0.119. The van der Waals surface area contributed by atoms with Crippen LogP contribution in [-0.4, -0.2) is 36.7 Å². The first-order valence-electron chi connectivity index (χ1n) is 12.2. The number of nitrogens with zero attached hydrogens (tertiary/aromatic N) is 1. The lowest BCUT2D eigenvalue weighted by Gasteiger charge is -2.48. The summed E-state index contributed by atoms with van der Waals surface area (Å²) < 4.78 is 12.6. The van der Waals surface area contributed by atoms with Crippen LogP contribution in [0, 0.1) is 10.8 Å². The van der Waals surface area contributed by atoms with Crippen LogP contribution in [-0.2, 0) is 9.59 Å². The fourth-order valence-electron chi connectivity index (χ4n) is 5.80. The smallest absolute Gasteiger partial charge is 0.175 e. The van der Waals surface area contributed by atoms with Gasteiger partial charge in [-0.3, -0.25) is 9.59 Å². The molecule has 1 heterocycles. The molecule has 0 unspecified atom stereocenters. The van der Waals surface area contributed by atoms with Gasteiger partial charge in [0.15, 0.2) is 23.1 Å². The van der Waals surface area contributed by atoms with E-state index in [0.717, 1.165) is 45.4 Å². The Hall–Kier alpha value is -2.08. The highest BCUT2D eigenvalue weighted by molar-refractivity contribution is 9.10. The summed E-state index contributed by atoms with van der Waals surface area (Å²) in [4.78, 5) is 29.5. The Morgan fingerprint density at radius 1 is 0.882 bits per heavy atom. The maximum atomic E-state index is 13.7. The number of ether oxygens (including phenoxy) is 2. The van der Waals surface area contributed by atoms with Gasteiger partial charge in [0.05, 0.1) is 17.7 Å². The maximum Gasteiger partial charge on any atom is 0.175 e. The summed E-state index contributed by atoms with van der Waals surface area (Å²) in [6.45, 7) is 13.5. The summed E-state index contributed by atoms with van der Waals surface area (Å²) >= 11 is 3.67. The molecule has 0 spiro atoms. The molecule has 0 radical (unpaired) electrons. The summed E-state index contributed by atoms with van der Waals surface area (Å²) in [6.07, 6.45) is 2.58. The van der Waals surface area contributed by atoms with E-state index >= 15 is 0 Å². The van der Waals surface area contributed by atoms with Crippen LogP contribution in [0.2, 0.25) is 0 Å². The number of ketones is 2. The topological polar surface area (TPSA) is 55.8 Å². The number of Topliss-reactive ketones (excluding diaryl/α,β-unsaturated/α-hetero) is 2. The van der Waals surface area contributed by atoms with Crippen molar-refractivity contribution in [3.8, 4) is 11.5 Å². The fraction of sp³-hybridized carbons (Fsp3) is 0.571. The van der Waals surface area contributed by atoms with Gasteiger partial charge in [-0.15, -0.1) is 0 Å². The first-order chi connectivity index (χ1) is 15.9. The first kappa shape index (κ1) is 25.0. The maximum absolute atomic E-state index is 13.7. The molecule has 0 amide bonds. The zero-order valence-electron chi connectivity index (χ0n) is 21.4. The number of benzene rings is 1. The van der Waals surface area contributed by atoms with E-state index in [1.54, 1.807) is 0 Å². The Bertz CT molecular complexity index is 1060. The number of carbonyl (C=O) groups is 2. The molecule has 0 fully saturated rings. The number of rotatable bonds is 5. The van der Waals surface area contributed by atoms with Crippen LogP contribution in [0.5, 0.6) is 11.5 Å². The van der Waals surface area contributed by atoms with Gasteiger partial charge in [0, 0.05) is 48.3 Å². The van der Waals surface area contributed by atoms with Gasteiger partial charge in [0.1, 0.15) is 0 Å². The third-order valence-electron chi connectivity index (χ3n) is 7.13. The number of hydrogen-bond donors (Lipinski definition) is 0. The Labute approximate surface area is 211 Å². The fourth-order valence-corrected chi connectivity index (χ4v) is 6.37. The number of halogens is 1. The van der Waals surface area contributed by atoms with Gasteiger partial charge in [0.25, 0.3) is 0 Å². The molecule has 4 rings (SSSR count). The van der Waals surface area contributed by atoms with E-state index in [0.29, 0.717) is 37.6 Å². The molecule has 1 aromatic rings. The zero-order chi connectivity index (χ0) is 25.0. The normalized spacial score (nSPS) is 22.1. The minimum Gasteiger partial charge on any atom is -0.490 e. The minimum atomic E-state index is -0.389. The van der Waals surface area contributed by atoms with Crippen LogP contribution in [0.3, 0.4) is 0 Å². The molecular formula is C28H36BrNO4. The van der Waals surface area contributed by atoms with Crippen molar-refractivity contribution in [2.45, 2.75) is 73.1 Å². The van der Waals surface area contributed by atoms with Gasteiger partial charge in [-0.25, -0.2) is 0 Å². The number of allylic oxidation sites excluding steroid dienone is 4. The Morgan fingerprint density at radius 3 is 1.85 bits per heavy atom. The van der Waals surface area contributed by atoms with Gasteiger partial charge >= 0.3 is 0 Å². The van der Waals surface area contributed by atoms with Crippen molar-refractivity contribution < 1.29 is 19.1 Å². The summed E-state index contributed by atoms with van der Waals surface area (Å²) in [6, 6.07) is 3.96. The van der Waals surface area contributed by atoms with E-state index in [1.165, 1.54) is 0 Å². The monoisotopic (exact) mass is 529 g/mol. The highest BCUT2D eigenvalue weighted by atomic mass is 79.9. The van der Waals surface area contributed by atoms with Gasteiger partial charge in [-0.05, 0) is 71.1 Å². The van der Waals surface area contributed by atoms with Gasteiger partial charge in [-0.1, -0.05) is 27.7 Å². The van der Waals surface area contributed by atoms with Crippen LogP contribution in [0.25, 0.3) is 0 Å². The van der Waals surface area contributed by atoms with E-state index in [1.807, 2.05) is 33.0 Å². The largest absolute Gasteiger partial charge is 0.490 e. The molecule has 0 atom stereocenters. The standard InChI is InChI=1S/C28H36BrNO4/c1-8-33-22-11-16(10-17(29)26(22)34-9-2)23-24-18(12-27(3,4)14-20(24)31)30(7)19-13-28(5,6)15-21(32)25(19)23/h10-11,23H,8-9,12-15H2,1-7H3. The van der Waals surface area contributed by atoms with Crippen molar-refractivity contribution in [3.63, 3.8) is 0 Å². The predicted molar refractivity (Wildman–Crippen MR) is 137 cm³/mol. The molecule has 0 aromatic heterocycles. The average molecular weight is 531 g/mol. The highest BCUT2D eigenvalue weighted by Gasteiger charge is 2.48. The molecule has 3 aliphatic rings. The van der Waals surface area contributed by atoms with Crippen LogP contribution >= 0.6 is 15.9 Å². The predicted octanol–water partition coefficient (Wildman–Crippen LogP) is 6.56. The van der Waals surface area contributed by atoms with Crippen molar-refractivity contribution in [1.82, 2.24) is 4.90 Å². The van der Waals surface area contributed by atoms with Crippen molar-refractivity contribution in [2.24, 2.45) is 10.8 Å². The van der Waals surface area contributed by atoms with E-state index < -0.39 is 0 Å². The zero-order valence-corrected chi connectivity index (χ0v) is 23.0. The number of carbonyl (C=O) groups excluding carboxylic acids is 2. The molecule has 5 nitrogen and oxygen atoms in total. The molecule has 184 valence electrons. The van der Waals surface area contributed by atoms with Crippen LogP contribution in [0.4, 0.5) is 0 Å².